The van der Waals surface area contributed by atoms with Crippen molar-refractivity contribution in [2.45, 2.75) is 12.8 Å². The monoisotopic (exact) mass is 214 g/mol. The van der Waals surface area contributed by atoms with Crippen LogP contribution in [-0.2, 0) is 6.42 Å². The van der Waals surface area contributed by atoms with Crippen molar-refractivity contribution in [2.75, 3.05) is 19.0 Å². The highest BCUT2D eigenvalue weighted by Gasteiger charge is 2.13. The number of methoxy groups -OCH3 is 1. The molecule has 0 aliphatic carbocycles. The second-order valence-corrected chi connectivity index (χ2v) is 4.06. The van der Waals surface area contributed by atoms with Crippen LogP contribution in [0.4, 0.5) is 5.69 Å². The molecule has 0 bridgehead atoms. The van der Waals surface area contributed by atoms with Gasteiger partial charge in [0.25, 0.3) is 0 Å². The SMILES string of the molecule is COc1ccc2cnc3c(c2c1)NCCC3. The Bertz CT molecular complexity index is 531. The van der Waals surface area contributed by atoms with Crippen molar-refractivity contribution in [3.05, 3.63) is 30.1 Å². The molecule has 0 unspecified atom stereocenters. The molecular formula is C13H14N2O. The van der Waals surface area contributed by atoms with E-state index in [0.29, 0.717) is 0 Å². The summed E-state index contributed by atoms with van der Waals surface area (Å²) in [6, 6.07) is 6.10. The number of rotatable bonds is 1. The Morgan fingerprint density at radius 2 is 2.31 bits per heavy atom. The highest BCUT2D eigenvalue weighted by atomic mass is 16.5. The van der Waals surface area contributed by atoms with Crippen LogP contribution in [0.5, 0.6) is 5.75 Å². The van der Waals surface area contributed by atoms with Gasteiger partial charge in [0.2, 0.25) is 0 Å². The van der Waals surface area contributed by atoms with E-state index in [1.54, 1.807) is 7.11 Å². The van der Waals surface area contributed by atoms with Crippen LogP contribution >= 0.6 is 0 Å². The third-order valence-electron chi connectivity index (χ3n) is 3.07. The van der Waals surface area contributed by atoms with E-state index < -0.39 is 0 Å². The van der Waals surface area contributed by atoms with Gasteiger partial charge in [0, 0.05) is 23.5 Å². The molecule has 16 heavy (non-hydrogen) atoms. The predicted molar refractivity (Wildman–Crippen MR) is 65.1 cm³/mol. The van der Waals surface area contributed by atoms with Crippen molar-refractivity contribution in [3.63, 3.8) is 0 Å². The topological polar surface area (TPSA) is 34.1 Å². The molecule has 2 aromatic rings. The van der Waals surface area contributed by atoms with Crippen molar-refractivity contribution in [1.82, 2.24) is 4.98 Å². The van der Waals surface area contributed by atoms with E-state index in [0.717, 1.165) is 30.5 Å². The highest BCUT2D eigenvalue weighted by Crippen LogP contribution is 2.31. The molecule has 1 aliphatic heterocycles. The zero-order chi connectivity index (χ0) is 11.0. The molecule has 0 spiro atoms. The summed E-state index contributed by atoms with van der Waals surface area (Å²) in [5.41, 5.74) is 2.36. The quantitative estimate of drug-likeness (QED) is 0.792. The fourth-order valence-electron chi connectivity index (χ4n) is 2.21. The Morgan fingerprint density at radius 3 is 3.19 bits per heavy atom. The molecule has 3 rings (SSSR count). The Morgan fingerprint density at radius 1 is 1.38 bits per heavy atom. The van der Waals surface area contributed by atoms with Gasteiger partial charge in [-0.3, -0.25) is 4.98 Å². The molecule has 1 aromatic carbocycles. The summed E-state index contributed by atoms with van der Waals surface area (Å²) < 4.78 is 5.27. The summed E-state index contributed by atoms with van der Waals surface area (Å²) >= 11 is 0. The highest BCUT2D eigenvalue weighted by molar-refractivity contribution is 5.95. The Balaban J connectivity index is 2.27. The van der Waals surface area contributed by atoms with E-state index >= 15 is 0 Å². The van der Waals surface area contributed by atoms with Gasteiger partial charge in [-0.05, 0) is 31.0 Å². The molecule has 0 amide bonds. The first-order valence-corrected chi connectivity index (χ1v) is 5.58. The molecule has 1 N–H and O–H groups in total. The number of aromatic nitrogens is 1. The minimum atomic E-state index is 0.897. The van der Waals surface area contributed by atoms with Crippen LogP contribution in [0.25, 0.3) is 10.8 Å². The lowest BCUT2D eigenvalue weighted by molar-refractivity contribution is 0.415. The molecule has 3 heteroatoms. The van der Waals surface area contributed by atoms with Gasteiger partial charge in [0.05, 0.1) is 18.5 Å². The summed E-state index contributed by atoms with van der Waals surface area (Å²) in [5.74, 6) is 0.897. The number of aryl methyl sites for hydroxylation is 1. The molecule has 3 nitrogen and oxygen atoms in total. The number of nitrogens with zero attached hydrogens (tertiary/aromatic N) is 1. The fourth-order valence-corrected chi connectivity index (χ4v) is 2.21. The molecule has 1 aliphatic rings. The van der Waals surface area contributed by atoms with Crippen LogP contribution in [0.2, 0.25) is 0 Å². The van der Waals surface area contributed by atoms with E-state index in [2.05, 4.69) is 22.4 Å². The van der Waals surface area contributed by atoms with Crippen LogP contribution in [0.1, 0.15) is 12.1 Å². The number of ether oxygens (including phenoxy) is 1. The van der Waals surface area contributed by atoms with Gasteiger partial charge in [0.15, 0.2) is 0 Å². The number of hydrogen-bond donors (Lipinski definition) is 1. The summed E-state index contributed by atoms with van der Waals surface area (Å²) in [6.45, 7) is 1.03. The van der Waals surface area contributed by atoms with Gasteiger partial charge in [-0.2, -0.15) is 0 Å². The smallest absolute Gasteiger partial charge is 0.119 e. The van der Waals surface area contributed by atoms with Crippen molar-refractivity contribution in [2.24, 2.45) is 0 Å². The van der Waals surface area contributed by atoms with Crippen LogP contribution < -0.4 is 10.1 Å². The lowest BCUT2D eigenvalue weighted by atomic mass is 10.0. The van der Waals surface area contributed by atoms with Gasteiger partial charge < -0.3 is 10.1 Å². The second-order valence-electron chi connectivity index (χ2n) is 4.06. The molecule has 0 saturated heterocycles. The first kappa shape index (κ1) is 9.46. The molecule has 1 aromatic heterocycles. The Hall–Kier alpha value is -1.77. The third kappa shape index (κ3) is 1.40. The van der Waals surface area contributed by atoms with E-state index in [9.17, 15) is 0 Å². The lowest BCUT2D eigenvalue weighted by Crippen LogP contribution is -2.13. The molecule has 2 heterocycles. The summed E-state index contributed by atoms with van der Waals surface area (Å²) in [5, 5.41) is 5.81. The number of anilines is 1. The second kappa shape index (κ2) is 3.67. The average molecular weight is 214 g/mol. The van der Waals surface area contributed by atoms with Crippen molar-refractivity contribution in [1.29, 1.82) is 0 Å². The van der Waals surface area contributed by atoms with Crippen LogP contribution in [0.15, 0.2) is 24.4 Å². The normalized spacial score (nSPS) is 14.3. The van der Waals surface area contributed by atoms with Crippen molar-refractivity contribution >= 4 is 16.5 Å². The van der Waals surface area contributed by atoms with Crippen molar-refractivity contribution in [3.8, 4) is 5.75 Å². The summed E-state index contributed by atoms with van der Waals surface area (Å²) in [7, 11) is 1.70. The minimum Gasteiger partial charge on any atom is -0.497 e. The Labute approximate surface area is 94.5 Å². The zero-order valence-electron chi connectivity index (χ0n) is 9.29. The van der Waals surface area contributed by atoms with Gasteiger partial charge in [-0.15, -0.1) is 0 Å². The van der Waals surface area contributed by atoms with E-state index in [4.69, 9.17) is 4.74 Å². The lowest BCUT2D eigenvalue weighted by Gasteiger charge is -2.19. The minimum absolute atomic E-state index is 0.897. The largest absolute Gasteiger partial charge is 0.497 e. The average Bonchev–Trinajstić information content (AvgIpc) is 2.38. The van der Waals surface area contributed by atoms with Gasteiger partial charge in [-0.25, -0.2) is 0 Å². The predicted octanol–water partition coefficient (Wildman–Crippen LogP) is 2.60. The summed E-state index contributed by atoms with van der Waals surface area (Å²) in [6.07, 6.45) is 4.17. The first-order chi connectivity index (χ1) is 7.88. The number of fused-ring (bicyclic) bond motifs is 3. The first-order valence-electron chi connectivity index (χ1n) is 5.58. The van der Waals surface area contributed by atoms with E-state index in [1.807, 2.05) is 12.3 Å². The van der Waals surface area contributed by atoms with Gasteiger partial charge in [0.1, 0.15) is 5.75 Å². The molecule has 0 saturated carbocycles. The van der Waals surface area contributed by atoms with Gasteiger partial charge >= 0.3 is 0 Å². The van der Waals surface area contributed by atoms with Crippen LogP contribution in [-0.4, -0.2) is 18.6 Å². The van der Waals surface area contributed by atoms with Crippen LogP contribution in [0.3, 0.4) is 0 Å². The third-order valence-corrected chi connectivity index (χ3v) is 3.07. The maximum atomic E-state index is 5.27. The van der Waals surface area contributed by atoms with Gasteiger partial charge in [-0.1, -0.05) is 0 Å². The Kier molecular flexibility index (Phi) is 2.17. The maximum Gasteiger partial charge on any atom is 0.119 e. The number of benzene rings is 1. The fraction of sp³-hybridized carbons (Fsp3) is 0.308. The molecule has 0 atom stereocenters. The maximum absolute atomic E-state index is 5.27. The molecular weight excluding hydrogens is 200 g/mol. The molecule has 0 fully saturated rings. The number of pyridine rings is 1. The molecule has 0 radical (unpaired) electrons. The number of nitrogens with one attached hydrogen (secondary N) is 1. The van der Waals surface area contributed by atoms with Crippen molar-refractivity contribution < 1.29 is 4.74 Å². The van der Waals surface area contributed by atoms with E-state index in [1.165, 1.54) is 16.8 Å². The molecule has 82 valence electrons. The number of hydrogen-bond acceptors (Lipinski definition) is 3. The van der Waals surface area contributed by atoms with E-state index in [-0.39, 0.29) is 0 Å². The van der Waals surface area contributed by atoms with Crippen LogP contribution in [0, 0.1) is 0 Å². The zero-order valence-corrected chi connectivity index (χ0v) is 9.29. The standard InChI is InChI=1S/C13H14N2O/c1-16-10-5-4-9-8-15-12-3-2-6-14-13(12)11(9)7-10/h4-5,7-8,14H,2-3,6H2,1H3. The summed E-state index contributed by atoms with van der Waals surface area (Å²) in [4.78, 5) is 4.50.